The van der Waals surface area contributed by atoms with Crippen LogP contribution < -0.4 is 5.73 Å². The Morgan fingerprint density at radius 3 is 2.83 bits per heavy atom. The van der Waals surface area contributed by atoms with Crippen LogP contribution in [0.1, 0.15) is 30.8 Å². The van der Waals surface area contributed by atoms with Gasteiger partial charge >= 0.3 is 0 Å². The Morgan fingerprint density at radius 1 is 1.28 bits per heavy atom. The van der Waals surface area contributed by atoms with Crippen molar-refractivity contribution in [2.45, 2.75) is 44.7 Å². The highest BCUT2D eigenvalue weighted by molar-refractivity contribution is 5.08. The van der Waals surface area contributed by atoms with Crippen molar-refractivity contribution in [1.82, 2.24) is 14.5 Å². The fourth-order valence-electron chi connectivity index (χ4n) is 3.17. The van der Waals surface area contributed by atoms with Gasteiger partial charge in [-0.3, -0.25) is 0 Å². The number of hydrogen-bond acceptors (Lipinski definition) is 3. The molecule has 0 radical (unpaired) electrons. The number of likely N-dealkylation sites (tertiary alicyclic amines) is 1. The van der Waals surface area contributed by atoms with Crippen LogP contribution in [0.25, 0.3) is 0 Å². The third-order valence-electron chi connectivity index (χ3n) is 4.43. The van der Waals surface area contributed by atoms with Crippen molar-refractivity contribution in [2.75, 3.05) is 20.1 Å². The molecule has 0 amide bonds. The molecule has 0 spiro atoms. The molecule has 1 fully saturated rings. The van der Waals surface area contributed by atoms with E-state index in [1.807, 2.05) is 0 Å². The molecular formula is C14H24N4. The first-order chi connectivity index (χ1) is 8.70. The van der Waals surface area contributed by atoms with Gasteiger partial charge in [0.05, 0.1) is 5.69 Å². The smallest absolute Gasteiger partial charge is 0.110 e. The van der Waals surface area contributed by atoms with Gasteiger partial charge in [0.15, 0.2) is 0 Å². The molecule has 4 heteroatoms. The van der Waals surface area contributed by atoms with Crippen LogP contribution >= 0.6 is 0 Å². The monoisotopic (exact) mass is 248 g/mol. The molecule has 18 heavy (non-hydrogen) atoms. The van der Waals surface area contributed by atoms with Crippen LogP contribution in [-0.2, 0) is 19.4 Å². The minimum absolute atomic E-state index is 0.316. The van der Waals surface area contributed by atoms with E-state index < -0.39 is 0 Å². The maximum atomic E-state index is 6.00. The average molecular weight is 248 g/mol. The van der Waals surface area contributed by atoms with E-state index in [4.69, 9.17) is 10.7 Å². The van der Waals surface area contributed by atoms with Crippen molar-refractivity contribution in [3.05, 3.63) is 17.7 Å². The lowest BCUT2D eigenvalue weighted by atomic mass is 9.93. The molecule has 1 atom stereocenters. The SMILES string of the molecule is CN1CCC(Cc2cn3c(n2)CC(N)CC3)CC1. The number of imidazole rings is 1. The first kappa shape index (κ1) is 12.2. The summed E-state index contributed by atoms with van der Waals surface area (Å²) in [5.41, 5.74) is 7.29. The third kappa shape index (κ3) is 2.59. The number of fused-ring (bicyclic) bond motifs is 1. The van der Waals surface area contributed by atoms with Gasteiger partial charge in [-0.25, -0.2) is 4.98 Å². The molecule has 1 saturated heterocycles. The Kier molecular flexibility index (Phi) is 3.39. The van der Waals surface area contributed by atoms with E-state index in [0.717, 1.165) is 31.7 Å². The van der Waals surface area contributed by atoms with E-state index in [-0.39, 0.29) is 0 Å². The van der Waals surface area contributed by atoms with Crippen LogP contribution in [0.3, 0.4) is 0 Å². The molecule has 0 saturated carbocycles. The molecule has 3 heterocycles. The molecule has 1 unspecified atom stereocenters. The van der Waals surface area contributed by atoms with E-state index in [1.165, 1.54) is 37.4 Å². The Morgan fingerprint density at radius 2 is 2.06 bits per heavy atom. The molecular weight excluding hydrogens is 224 g/mol. The molecule has 2 aliphatic rings. The molecule has 4 nitrogen and oxygen atoms in total. The summed E-state index contributed by atoms with van der Waals surface area (Å²) in [6, 6.07) is 0.316. The van der Waals surface area contributed by atoms with E-state index in [2.05, 4.69) is 22.7 Å². The summed E-state index contributed by atoms with van der Waals surface area (Å²) < 4.78 is 2.31. The van der Waals surface area contributed by atoms with E-state index >= 15 is 0 Å². The molecule has 2 aliphatic heterocycles. The second-order valence-electron chi connectivity index (χ2n) is 6.05. The van der Waals surface area contributed by atoms with Crippen LogP contribution in [0.4, 0.5) is 0 Å². The largest absolute Gasteiger partial charge is 0.335 e. The third-order valence-corrected chi connectivity index (χ3v) is 4.43. The molecule has 1 aromatic heterocycles. The summed E-state index contributed by atoms with van der Waals surface area (Å²) >= 11 is 0. The van der Waals surface area contributed by atoms with Crippen molar-refractivity contribution in [3.8, 4) is 0 Å². The number of hydrogen-bond donors (Lipinski definition) is 1. The molecule has 3 rings (SSSR count). The Labute approximate surface area is 109 Å². The van der Waals surface area contributed by atoms with Gasteiger partial charge in [0, 0.05) is 25.2 Å². The Balaban J connectivity index is 1.63. The second-order valence-corrected chi connectivity index (χ2v) is 6.05. The van der Waals surface area contributed by atoms with Crippen molar-refractivity contribution in [3.63, 3.8) is 0 Å². The Hall–Kier alpha value is -0.870. The first-order valence-electron chi connectivity index (χ1n) is 7.20. The molecule has 100 valence electrons. The molecule has 2 N–H and O–H groups in total. The highest BCUT2D eigenvalue weighted by atomic mass is 15.1. The van der Waals surface area contributed by atoms with Gasteiger partial charge in [-0.2, -0.15) is 0 Å². The van der Waals surface area contributed by atoms with Crippen LogP contribution in [0.5, 0.6) is 0 Å². The molecule has 0 aromatic carbocycles. The molecule has 0 aliphatic carbocycles. The number of piperidine rings is 1. The Bertz CT molecular complexity index is 404. The molecule has 1 aromatic rings. The van der Waals surface area contributed by atoms with Crippen molar-refractivity contribution < 1.29 is 0 Å². The van der Waals surface area contributed by atoms with Gasteiger partial charge in [-0.15, -0.1) is 0 Å². The lowest BCUT2D eigenvalue weighted by molar-refractivity contribution is 0.218. The van der Waals surface area contributed by atoms with Gasteiger partial charge < -0.3 is 15.2 Å². The maximum Gasteiger partial charge on any atom is 0.110 e. The van der Waals surface area contributed by atoms with Gasteiger partial charge in [-0.05, 0) is 51.7 Å². The standard InChI is InChI=1S/C14H24N4/c1-17-5-2-11(3-6-17)8-13-10-18-7-4-12(15)9-14(18)16-13/h10-12H,2-9,15H2,1H3. The highest BCUT2D eigenvalue weighted by Crippen LogP contribution is 2.22. The zero-order chi connectivity index (χ0) is 12.5. The minimum Gasteiger partial charge on any atom is -0.335 e. The summed E-state index contributed by atoms with van der Waals surface area (Å²) in [4.78, 5) is 7.21. The number of aryl methyl sites for hydroxylation is 1. The fraction of sp³-hybridized carbons (Fsp3) is 0.786. The van der Waals surface area contributed by atoms with E-state index in [0.29, 0.717) is 6.04 Å². The summed E-state index contributed by atoms with van der Waals surface area (Å²) in [7, 11) is 2.22. The van der Waals surface area contributed by atoms with Gasteiger partial charge in [0.1, 0.15) is 5.82 Å². The van der Waals surface area contributed by atoms with Crippen molar-refractivity contribution in [2.24, 2.45) is 11.7 Å². The van der Waals surface area contributed by atoms with Crippen LogP contribution in [0, 0.1) is 5.92 Å². The number of rotatable bonds is 2. The zero-order valence-corrected chi connectivity index (χ0v) is 11.3. The average Bonchev–Trinajstić information content (AvgIpc) is 2.73. The van der Waals surface area contributed by atoms with Gasteiger partial charge in [0.25, 0.3) is 0 Å². The minimum atomic E-state index is 0.316. The summed E-state index contributed by atoms with van der Waals surface area (Å²) in [6.07, 6.45) is 8.10. The molecule has 0 bridgehead atoms. The van der Waals surface area contributed by atoms with Gasteiger partial charge in [0.2, 0.25) is 0 Å². The predicted molar refractivity (Wildman–Crippen MR) is 72.4 cm³/mol. The summed E-state index contributed by atoms with van der Waals surface area (Å²) in [5, 5.41) is 0. The lowest BCUT2D eigenvalue weighted by Gasteiger charge is -2.28. The summed E-state index contributed by atoms with van der Waals surface area (Å²) in [6.45, 7) is 3.53. The van der Waals surface area contributed by atoms with Gasteiger partial charge in [-0.1, -0.05) is 0 Å². The van der Waals surface area contributed by atoms with Crippen LogP contribution in [0.2, 0.25) is 0 Å². The quantitative estimate of drug-likeness (QED) is 0.850. The predicted octanol–water partition coefficient (Wildman–Crippen LogP) is 1.04. The maximum absolute atomic E-state index is 6.00. The summed E-state index contributed by atoms with van der Waals surface area (Å²) in [5.74, 6) is 2.03. The van der Waals surface area contributed by atoms with E-state index in [9.17, 15) is 0 Å². The number of aromatic nitrogens is 2. The fourth-order valence-corrected chi connectivity index (χ4v) is 3.17. The van der Waals surface area contributed by atoms with Crippen LogP contribution in [0.15, 0.2) is 6.20 Å². The number of nitrogens with two attached hydrogens (primary N) is 1. The highest BCUT2D eigenvalue weighted by Gasteiger charge is 2.21. The normalized spacial score (nSPS) is 26.2. The van der Waals surface area contributed by atoms with Crippen molar-refractivity contribution in [1.29, 1.82) is 0 Å². The van der Waals surface area contributed by atoms with Crippen molar-refractivity contribution >= 4 is 0 Å². The van der Waals surface area contributed by atoms with E-state index in [1.54, 1.807) is 0 Å². The lowest BCUT2D eigenvalue weighted by Crippen LogP contribution is -2.31. The topological polar surface area (TPSA) is 47.1 Å². The zero-order valence-electron chi connectivity index (χ0n) is 11.3. The second kappa shape index (κ2) is 5.02. The van der Waals surface area contributed by atoms with Crippen LogP contribution in [-0.4, -0.2) is 40.6 Å². The first-order valence-corrected chi connectivity index (χ1v) is 7.20. The number of nitrogens with zero attached hydrogens (tertiary/aromatic N) is 3.